The van der Waals surface area contributed by atoms with Gasteiger partial charge in [0.25, 0.3) is 0 Å². The fourth-order valence-electron chi connectivity index (χ4n) is 2.07. The Bertz CT molecular complexity index is 450. The number of carbonyl (C=O) groups excluding carboxylic acids is 3. The van der Waals surface area contributed by atoms with E-state index in [1.807, 2.05) is 0 Å². The van der Waals surface area contributed by atoms with Crippen molar-refractivity contribution in [1.82, 2.24) is 0 Å². The van der Waals surface area contributed by atoms with Crippen molar-refractivity contribution >= 4 is 17.9 Å². The molecule has 1 aliphatic heterocycles. The highest BCUT2D eigenvalue weighted by Gasteiger charge is 2.50. The first-order valence-electron chi connectivity index (χ1n) is 7.90. The second-order valence-electron chi connectivity index (χ2n) is 5.21. The van der Waals surface area contributed by atoms with Crippen molar-refractivity contribution < 1.29 is 43.5 Å². The molecule has 1 heterocycles. The average molecular weight is 348 g/mol. The van der Waals surface area contributed by atoms with Crippen LogP contribution in [0, 0.1) is 0 Å². The summed E-state index contributed by atoms with van der Waals surface area (Å²) in [5.74, 6) is -1.73. The number of rotatable bonds is 8. The Morgan fingerprint density at radius 3 is 2.12 bits per heavy atom. The van der Waals surface area contributed by atoms with E-state index in [9.17, 15) is 24.6 Å². The number of aliphatic hydroxyl groups is 2. The molecular weight excluding hydrogens is 324 g/mol. The smallest absolute Gasteiger partial charge is 0.306 e. The average Bonchev–Trinajstić information content (AvgIpc) is 2.85. The molecule has 9 heteroatoms. The predicted octanol–water partition coefficient (Wildman–Crippen LogP) is -0.339. The zero-order chi connectivity index (χ0) is 18.3. The van der Waals surface area contributed by atoms with Crippen LogP contribution in [0.25, 0.3) is 0 Å². The highest BCUT2D eigenvalue weighted by molar-refractivity contribution is 5.70. The molecule has 0 aromatic heterocycles. The van der Waals surface area contributed by atoms with E-state index in [0.717, 1.165) is 0 Å². The van der Waals surface area contributed by atoms with Gasteiger partial charge in [-0.1, -0.05) is 20.8 Å². The van der Waals surface area contributed by atoms with E-state index in [1.165, 1.54) is 0 Å². The van der Waals surface area contributed by atoms with E-state index in [0.29, 0.717) is 0 Å². The molecule has 0 bridgehead atoms. The monoisotopic (exact) mass is 348 g/mol. The molecule has 2 N–H and O–H groups in total. The van der Waals surface area contributed by atoms with Gasteiger partial charge >= 0.3 is 17.9 Å². The van der Waals surface area contributed by atoms with Crippen LogP contribution in [0.5, 0.6) is 0 Å². The molecule has 1 aliphatic rings. The molecule has 1 fully saturated rings. The topological polar surface area (TPSA) is 129 Å². The third kappa shape index (κ3) is 5.43. The second-order valence-corrected chi connectivity index (χ2v) is 5.21. The number of ether oxygens (including phenoxy) is 4. The molecule has 0 aromatic carbocycles. The van der Waals surface area contributed by atoms with Crippen LogP contribution < -0.4 is 0 Å². The number of hydrogen-bond acceptors (Lipinski definition) is 9. The van der Waals surface area contributed by atoms with Gasteiger partial charge in [-0.05, 0) is 0 Å². The maximum Gasteiger partial charge on any atom is 0.306 e. The summed E-state index contributed by atoms with van der Waals surface area (Å²) >= 11 is 0. The Labute approximate surface area is 139 Å². The minimum Gasteiger partial charge on any atom is -0.462 e. The van der Waals surface area contributed by atoms with E-state index in [-0.39, 0.29) is 25.9 Å². The Balaban J connectivity index is 2.82. The Morgan fingerprint density at radius 2 is 1.58 bits per heavy atom. The first kappa shape index (κ1) is 20.3. The standard InChI is InChI=1S/C15H24O9/c1-4-9(16)21-7-8(22-10(17)5-2)13-12(19)14(15(20)24-13)23-11(18)6-3/h8,12-15,19-20H,4-7H2,1-3H3/t8-,12+,13-,14-,15+/m1/s1. The van der Waals surface area contributed by atoms with Gasteiger partial charge in [-0.15, -0.1) is 0 Å². The van der Waals surface area contributed by atoms with E-state index in [2.05, 4.69) is 0 Å². The van der Waals surface area contributed by atoms with Crippen molar-refractivity contribution in [3.8, 4) is 0 Å². The molecule has 0 amide bonds. The summed E-state index contributed by atoms with van der Waals surface area (Å²) in [4.78, 5) is 34.2. The molecule has 9 nitrogen and oxygen atoms in total. The summed E-state index contributed by atoms with van der Waals surface area (Å²) in [6, 6.07) is 0. The summed E-state index contributed by atoms with van der Waals surface area (Å²) in [7, 11) is 0. The minimum absolute atomic E-state index is 0.0585. The van der Waals surface area contributed by atoms with Crippen molar-refractivity contribution in [3.05, 3.63) is 0 Å². The van der Waals surface area contributed by atoms with Crippen LogP contribution in [0.4, 0.5) is 0 Å². The summed E-state index contributed by atoms with van der Waals surface area (Å²) in [6.07, 6.45) is -6.41. The van der Waals surface area contributed by atoms with E-state index in [4.69, 9.17) is 18.9 Å². The number of esters is 3. The van der Waals surface area contributed by atoms with Crippen molar-refractivity contribution in [2.45, 2.75) is 70.7 Å². The van der Waals surface area contributed by atoms with Crippen LogP contribution in [0.15, 0.2) is 0 Å². The van der Waals surface area contributed by atoms with Crippen LogP contribution in [-0.4, -0.2) is 65.4 Å². The number of carbonyl (C=O) groups is 3. The molecule has 0 radical (unpaired) electrons. The molecular formula is C15H24O9. The number of hydrogen-bond donors (Lipinski definition) is 2. The van der Waals surface area contributed by atoms with E-state index < -0.39 is 48.6 Å². The molecule has 0 saturated carbocycles. The van der Waals surface area contributed by atoms with Gasteiger partial charge in [0.1, 0.15) is 18.8 Å². The van der Waals surface area contributed by atoms with Crippen LogP contribution in [0.1, 0.15) is 40.0 Å². The lowest BCUT2D eigenvalue weighted by Gasteiger charge is -2.25. The lowest BCUT2D eigenvalue weighted by Crippen LogP contribution is -2.45. The van der Waals surface area contributed by atoms with Gasteiger partial charge in [0.15, 0.2) is 18.5 Å². The van der Waals surface area contributed by atoms with Crippen molar-refractivity contribution in [2.24, 2.45) is 0 Å². The molecule has 0 aliphatic carbocycles. The predicted molar refractivity (Wildman–Crippen MR) is 78.5 cm³/mol. The summed E-state index contributed by atoms with van der Waals surface area (Å²) in [5, 5.41) is 20.1. The molecule has 0 unspecified atom stereocenters. The van der Waals surface area contributed by atoms with Gasteiger partial charge in [0, 0.05) is 19.3 Å². The highest BCUT2D eigenvalue weighted by atomic mass is 16.7. The molecule has 5 atom stereocenters. The summed E-state index contributed by atoms with van der Waals surface area (Å²) < 4.78 is 20.2. The fraction of sp³-hybridized carbons (Fsp3) is 0.800. The Kier molecular flexibility index (Phi) is 8.09. The molecule has 24 heavy (non-hydrogen) atoms. The molecule has 0 aromatic rings. The molecule has 1 saturated heterocycles. The first-order chi connectivity index (χ1) is 11.3. The lowest BCUT2D eigenvalue weighted by atomic mass is 10.1. The Morgan fingerprint density at radius 1 is 1.00 bits per heavy atom. The van der Waals surface area contributed by atoms with E-state index in [1.54, 1.807) is 20.8 Å². The Hall–Kier alpha value is -1.71. The quantitative estimate of drug-likeness (QED) is 0.447. The highest BCUT2D eigenvalue weighted by Crippen LogP contribution is 2.27. The van der Waals surface area contributed by atoms with Crippen LogP contribution in [0.3, 0.4) is 0 Å². The van der Waals surface area contributed by atoms with Crippen LogP contribution >= 0.6 is 0 Å². The molecule has 1 rings (SSSR count). The fourth-order valence-corrected chi connectivity index (χ4v) is 2.07. The lowest BCUT2D eigenvalue weighted by molar-refractivity contribution is -0.186. The van der Waals surface area contributed by atoms with Gasteiger partial charge in [-0.25, -0.2) is 0 Å². The van der Waals surface area contributed by atoms with Crippen LogP contribution in [-0.2, 0) is 33.3 Å². The molecule has 138 valence electrons. The van der Waals surface area contributed by atoms with Crippen molar-refractivity contribution in [1.29, 1.82) is 0 Å². The first-order valence-corrected chi connectivity index (χ1v) is 7.90. The second kappa shape index (κ2) is 9.55. The largest absolute Gasteiger partial charge is 0.462 e. The molecule has 0 spiro atoms. The zero-order valence-electron chi connectivity index (χ0n) is 14.0. The van der Waals surface area contributed by atoms with E-state index >= 15 is 0 Å². The van der Waals surface area contributed by atoms with Gasteiger partial charge in [-0.2, -0.15) is 0 Å². The minimum atomic E-state index is -1.58. The maximum atomic E-state index is 11.5. The van der Waals surface area contributed by atoms with Gasteiger partial charge in [-0.3, -0.25) is 14.4 Å². The normalized spacial score (nSPS) is 27.4. The van der Waals surface area contributed by atoms with Crippen molar-refractivity contribution in [2.75, 3.05) is 6.61 Å². The summed E-state index contributed by atoms with van der Waals surface area (Å²) in [5.41, 5.74) is 0. The zero-order valence-corrected chi connectivity index (χ0v) is 14.0. The summed E-state index contributed by atoms with van der Waals surface area (Å²) in [6.45, 7) is 4.38. The van der Waals surface area contributed by atoms with Crippen molar-refractivity contribution in [3.63, 3.8) is 0 Å². The third-order valence-corrected chi connectivity index (χ3v) is 3.44. The maximum absolute atomic E-state index is 11.5. The van der Waals surface area contributed by atoms with Gasteiger partial charge < -0.3 is 29.2 Å². The SMILES string of the molecule is CCC(=O)OC[C@@H](OC(=O)CC)[C@H]1O[C@H](O)[C@H](OC(=O)CC)[C@H]1O. The van der Waals surface area contributed by atoms with Gasteiger partial charge in [0.05, 0.1) is 0 Å². The number of aliphatic hydroxyl groups excluding tert-OH is 2. The van der Waals surface area contributed by atoms with Crippen LogP contribution in [0.2, 0.25) is 0 Å². The third-order valence-electron chi connectivity index (χ3n) is 3.44. The van der Waals surface area contributed by atoms with Gasteiger partial charge in [0.2, 0.25) is 0 Å².